The van der Waals surface area contributed by atoms with Crippen LogP contribution < -0.4 is 15.3 Å². The lowest BCUT2D eigenvalue weighted by Gasteiger charge is -2.32. The standard InChI is InChI=1S/C22H23N5S/c1-28-22-23-20-19-18(12-13-26(20)14-16-8-4-2-5-9-16)25-27(21(19)24-22)15-17-10-6-3-7-11-17/h2-11,18,25H,12-15H2,1H3. The maximum absolute atomic E-state index is 4.91. The molecule has 2 aromatic carbocycles. The number of aromatic nitrogens is 2. The lowest BCUT2D eigenvalue weighted by atomic mass is 10.0. The zero-order chi connectivity index (χ0) is 18.9. The molecule has 142 valence electrons. The third kappa shape index (κ3) is 3.23. The van der Waals surface area contributed by atoms with Crippen LogP contribution in [-0.4, -0.2) is 22.8 Å². The number of nitrogens with one attached hydrogen (secondary N) is 1. The minimum atomic E-state index is 0.289. The van der Waals surface area contributed by atoms with Crippen molar-refractivity contribution in [2.45, 2.75) is 30.7 Å². The van der Waals surface area contributed by atoms with Crippen molar-refractivity contribution in [3.63, 3.8) is 0 Å². The quantitative estimate of drug-likeness (QED) is 0.522. The number of benzene rings is 2. The van der Waals surface area contributed by atoms with E-state index in [0.29, 0.717) is 0 Å². The smallest absolute Gasteiger partial charge is 0.191 e. The van der Waals surface area contributed by atoms with Gasteiger partial charge >= 0.3 is 0 Å². The first kappa shape index (κ1) is 17.5. The van der Waals surface area contributed by atoms with Gasteiger partial charge in [-0.1, -0.05) is 72.4 Å². The second-order valence-corrected chi connectivity index (χ2v) is 7.99. The van der Waals surface area contributed by atoms with Crippen LogP contribution in [-0.2, 0) is 13.1 Å². The molecular formula is C22H23N5S. The maximum atomic E-state index is 4.91. The van der Waals surface area contributed by atoms with Crippen LogP contribution in [0.2, 0.25) is 0 Å². The Morgan fingerprint density at radius 3 is 2.25 bits per heavy atom. The molecule has 0 aliphatic carbocycles. The molecule has 5 rings (SSSR count). The molecule has 5 nitrogen and oxygen atoms in total. The molecule has 0 spiro atoms. The largest absolute Gasteiger partial charge is 0.352 e. The molecule has 2 aliphatic rings. The fourth-order valence-corrected chi connectivity index (χ4v) is 4.39. The Balaban J connectivity index is 1.51. The molecule has 1 aromatic heterocycles. The van der Waals surface area contributed by atoms with Crippen LogP contribution in [0.3, 0.4) is 0 Å². The van der Waals surface area contributed by atoms with Crippen molar-refractivity contribution in [3.8, 4) is 0 Å². The number of hydrogen-bond donors (Lipinski definition) is 1. The van der Waals surface area contributed by atoms with Gasteiger partial charge in [-0.05, 0) is 23.8 Å². The second kappa shape index (κ2) is 7.45. The van der Waals surface area contributed by atoms with E-state index in [1.54, 1.807) is 11.8 Å². The lowest BCUT2D eigenvalue weighted by molar-refractivity contribution is 0.488. The fourth-order valence-electron chi connectivity index (χ4n) is 4.03. The number of thioether (sulfide) groups is 1. The molecule has 0 fully saturated rings. The fraction of sp³-hybridized carbons (Fsp3) is 0.273. The molecule has 1 atom stereocenters. The van der Waals surface area contributed by atoms with Gasteiger partial charge in [-0.3, -0.25) is 5.01 Å². The molecule has 3 aromatic rings. The first-order valence-electron chi connectivity index (χ1n) is 9.64. The Morgan fingerprint density at radius 1 is 0.929 bits per heavy atom. The van der Waals surface area contributed by atoms with Gasteiger partial charge in [-0.2, -0.15) is 0 Å². The van der Waals surface area contributed by atoms with Crippen molar-refractivity contribution >= 4 is 23.4 Å². The average Bonchev–Trinajstić information content (AvgIpc) is 3.09. The summed E-state index contributed by atoms with van der Waals surface area (Å²) in [7, 11) is 0. The summed E-state index contributed by atoms with van der Waals surface area (Å²) in [5.41, 5.74) is 7.51. The zero-order valence-electron chi connectivity index (χ0n) is 15.9. The molecule has 0 saturated heterocycles. The number of nitrogens with zero attached hydrogens (tertiary/aromatic N) is 4. The summed E-state index contributed by atoms with van der Waals surface area (Å²) >= 11 is 1.60. The zero-order valence-corrected chi connectivity index (χ0v) is 16.7. The van der Waals surface area contributed by atoms with Crippen molar-refractivity contribution < 1.29 is 0 Å². The van der Waals surface area contributed by atoms with Gasteiger partial charge < -0.3 is 4.90 Å². The van der Waals surface area contributed by atoms with E-state index in [0.717, 1.165) is 42.8 Å². The molecule has 0 saturated carbocycles. The van der Waals surface area contributed by atoms with Crippen LogP contribution in [0.25, 0.3) is 0 Å². The highest BCUT2D eigenvalue weighted by Crippen LogP contribution is 2.44. The highest BCUT2D eigenvalue weighted by atomic mass is 32.2. The normalized spacial score (nSPS) is 17.7. The summed E-state index contributed by atoms with van der Waals surface area (Å²) in [6.45, 7) is 2.67. The van der Waals surface area contributed by atoms with Crippen LogP contribution in [0.1, 0.15) is 29.2 Å². The van der Waals surface area contributed by atoms with Crippen LogP contribution in [0.4, 0.5) is 11.6 Å². The number of rotatable bonds is 5. The average molecular weight is 390 g/mol. The van der Waals surface area contributed by atoms with Crippen LogP contribution >= 0.6 is 11.8 Å². The van der Waals surface area contributed by atoms with E-state index in [9.17, 15) is 0 Å². The van der Waals surface area contributed by atoms with Gasteiger partial charge in [0.1, 0.15) is 5.82 Å². The molecule has 6 heteroatoms. The summed E-state index contributed by atoms with van der Waals surface area (Å²) in [6.07, 6.45) is 3.10. The lowest BCUT2D eigenvalue weighted by Crippen LogP contribution is -2.37. The molecule has 28 heavy (non-hydrogen) atoms. The van der Waals surface area contributed by atoms with E-state index < -0.39 is 0 Å². The van der Waals surface area contributed by atoms with E-state index in [2.05, 4.69) is 76.0 Å². The van der Waals surface area contributed by atoms with Gasteiger partial charge in [-0.15, -0.1) is 0 Å². The summed E-state index contributed by atoms with van der Waals surface area (Å²) in [5, 5.41) is 3.03. The molecule has 1 unspecified atom stereocenters. The highest BCUT2D eigenvalue weighted by Gasteiger charge is 2.38. The summed E-state index contributed by atoms with van der Waals surface area (Å²) < 4.78 is 0. The Kier molecular flexibility index (Phi) is 4.66. The Morgan fingerprint density at radius 2 is 1.57 bits per heavy atom. The number of hydrazine groups is 1. The topological polar surface area (TPSA) is 44.3 Å². The molecule has 1 N–H and O–H groups in total. The SMILES string of the molecule is CSc1nc2c3c(n1)N(Cc1ccccc1)NC3CCN2Cc1ccccc1. The van der Waals surface area contributed by atoms with Gasteiger partial charge in [0.05, 0.1) is 18.2 Å². The molecule has 2 aliphatic heterocycles. The number of anilines is 2. The van der Waals surface area contributed by atoms with Crippen LogP contribution in [0.5, 0.6) is 0 Å². The molecule has 3 heterocycles. The minimum absolute atomic E-state index is 0.289. The first-order chi connectivity index (χ1) is 13.8. The van der Waals surface area contributed by atoms with E-state index >= 15 is 0 Å². The second-order valence-electron chi connectivity index (χ2n) is 7.22. The first-order valence-corrected chi connectivity index (χ1v) is 10.9. The highest BCUT2D eigenvalue weighted by molar-refractivity contribution is 7.98. The van der Waals surface area contributed by atoms with Crippen molar-refractivity contribution in [1.29, 1.82) is 0 Å². The van der Waals surface area contributed by atoms with Crippen molar-refractivity contribution in [1.82, 2.24) is 15.4 Å². The molecule has 0 bridgehead atoms. The summed E-state index contributed by atoms with van der Waals surface area (Å²) in [6, 6.07) is 21.5. The number of hydrogen-bond acceptors (Lipinski definition) is 6. The third-order valence-electron chi connectivity index (χ3n) is 5.37. The summed E-state index contributed by atoms with van der Waals surface area (Å²) in [4.78, 5) is 12.2. The minimum Gasteiger partial charge on any atom is -0.352 e. The van der Waals surface area contributed by atoms with E-state index in [1.807, 2.05) is 6.26 Å². The predicted molar refractivity (Wildman–Crippen MR) is 114 cm³/mol. The van der Waals surface area contributed by atoms with E-state index in [4.69, 9.17) is 9.97 Å². The molecule has 0 amide bonds. The van der Waals surface area contributed by atoms with Crippen molar-refractivity contribution in [3.05, 3.63) is 77.4 Å². The van der Waals surface area contributed by atoms with Gasteiger partial charge in [0.2, 0.25) is 0 Å². The molecular weight excluding hydrogens is 366 g/mol. The van der Waals surface area contributed by atoms with Crippen molar-refractivity contribution in [2.24, 2.45) is 0 Å². The van der Waals surface area contributed by atoms with Gasteiger partial charge in [0.15, 0.2) is 11.0 Å². The van der Waals surface area contributed by atoms with Crippen molar-refractivity contribution in [2.75, 3.05) is 22.7 Å². The van der Waals surface area contributed by atoms with E-state index in [1.165, 1.54) is 16.7 Å². The van der Waals surface area contributed by atoms with E-state index in [-0.39, 0.29) is 6.04 Å². The Hall–Kier alpha value is -2.57. The maximum Gasteiger partial charge on any atom is 0.191 e. The molecule has 0 radical (unpaired) electrons. The monoisotopic (exact) mass is 389 g/mol. The van der Waals surface area contributed by atoms with Gasteiger partial charge in [0.25, 0.3) is 0 Å². The van der Waals surface area contributed by atoms with Gasteiger partial charge in [-0.25, -0.2) is 15.4 Å². The predicted octanol–water partition coefficient (Wildman–Crippen LogP) is 4.17. The summed E-state index contributed by atoms with van der Waals surface area (Å²) in [5.74, 6) is 2.11. The Bertz CT molecular complexity index is 963. The third-order valence-corrected chi connectivity index (χ3v) is 5.92. The Labute approximate surface area is 169 Å². The van der Waals surface area contributed by atoms with Gasteiger partial charge in [0, 0.05) is 13.1 Å². The van der Waals surface area contributed by atoms with Crippen LogP contribution in [0.15, 0.2) is 65.8 Å². The van der Waals surface area contributed by atoms with Crippen LogP contribution in [0, 0.1) is 0 Å².